The van der Waals surface area contributed by atoms with E-state index in [1.165, 1.54) is 12.1 Å². The van der Waals surface area contributed by atoms with Crippen molar-refractivity contribution in [3.8, 4) is 0 Å². The third kappa shape index (κ3) is 3.47. The molecular formula is C23H23N3O4. The van der Waals surface area contributed by atoms with Crippen LogP contribution in [0.2, 0.25) is 0 Å². The summed E-state index contributed by atoms with van der Waals surface area (Å²) in [6.07, 6.45) is 5.20. The lowest BCUT2D eigenvalue weighted by Crippen LogP contribution is -2.45. The Labute approximate surface area is 174 Å². The predicted molar refractivity (Wildman–Crippen MR) is 115 cm³/mol. The Bertz CT molecular complexity index is 1010. The van der Waals surface area contributed by atoms with E-state index in [-0.39, 0.29) is 11.7 Å². The maximum absolute atomic E-state index is 13.1. The van der Waals surface area contributed by atoms with Crippen molar-refractivity contribution in [3.63, 3.8) is 0 Å². The van der Waals surface area contributed by atoms with Gasteiger partial charge in [0.15, 0.2) is 0 Å². The first-order valence-electron chi connectivity index (χ1n) is 10.1. The van der Waals surface area contributed by atoms with Gasteiger partial charge in [0.25, 0.3) is 5.69 Å². The summed E-state index contributed by atoms with van der Waals surface area (Å²) >= 11 is 0. The molecule has 0 aromatic heterocycles. The average Bonchev–Trinajstić information content (AvgIpc) is 2.79. The van der Waals surface area contributed by atoms with Crippen LogP contribution >= 0.6 is 0 Å². The second-order valence-corrected chi connectivity index (χ2v) is 7.43. The van der Waals surface area contributed by atoms with Crippen molar-refractivity contribution >= 4 is 28.8 Å². The van der Waals surface area contributed by atoms with Crippen LogP contribution in [0.3, 0.4) is 0 Å². The van der Waals surface area contributed by atoms with Crippen LogP contribution in [0, 0.1) is 15.5 Å². The lowest BCUT2D eigenvalue weighted by Gasteiger charge is -2.40. The highest BCUT2D eigenvalue weighted by atomic mass is 16.6. The number of nitro benzene ring substituents is 1. The maximum atomic E-state index is 13.1. The van der Waals surface area contributed by atoms with Gasteiger partial charge in [0.2, 0.25) is 0 Å². The van der Waals surface area contributed by atoms with Gasteiger partial charge in [-0.2, -0.15) is 5.10 Å². The summed E-state index contributed by atoms with van der Waals surface area (Å²) in [5.41, 5.74) is 2.26. The molecule has 2 aromatic rings. The number of rotatable bonds is 5. The summed E-state index contributed by atoms with van der Waals surface area (Å²) in [5.74, 6) is -0.282. The van der Waals surface area contributed by atoms with Crippen LogP contribution in [-0.4, -0.2) is 23.2 Å². The fourth-order valence-electron chi connectivity index (χ4n) is 4.09. The van der Waals surface area contributed by atoms with Crippen molar-refractivity contribution in [3.05, 3.63) is 76.4 Å². The fourth-order valence-corrected chi connectivity index (χ4v) is 4.09. The fraction of sp³-hybridized carbons (Fsp3) is 0.304. The second kappa shape index (κ2) is 8.10. The minimum atomic E-state index is -0.892. The van der Waals surface area contributed by atoms with E-state index in [0.29, 0.717) is 13.0 Å². The van der Waals surface area contributed by atoms with E-state index in [0.717, 1.165) is 41.9 Å². The molecular weight excluding hydrogens is 382 g/mol. The molecule has 7 nitrogen and oxygen atoms in total. The van der Waals surface area contributed by atoms with E-state index >= 15 is 0 Å². The van der Waals surface area contributed by atoms with Crippen molar-refractivity contribution in [2.75, 3.05) is 11.6 Å². The molecule has 1 saturated carbocycles. The zero-order chi connectivity index (χ0) is 21.1. The van der Waals surface area contributed by atoms with Gasteiger partial charge in [-0.3, -0.25) is 14.9 Å². The van der Waals surface area contributed by atoms with E-state index < -0.39 is 10.3 Å². The molecule has 0 radical (unpaired) electrons. The van der Waals surface area contributed by atoms with Gasteiger partial charge in [-0.1, -0.05) is 24.6 Å². The van der Waals surface area contributed by atoms with Gasteiger partial charge < -0.3 is 4.74 Å². The Morgan fingerprint density at radius 3 is 2.57 bits per heavy atom. The van der Waals surface area contributed by atoms with Crippen LogP contribution in [-0.2, 0) is 9.53 Å². The number of non-ortho nitro benzene ring substituents is 1. The zero-order valence-corrected chi connectivity index (χ0v) is 16.8. The molecule has 2 aliphatic rings. The molecule has 1 atom stereocenters. The molecule has 154 valence electrons. The SMILES string of the molecule is CCOC(=O)C12C=C(c3ccc([N+](=O)[O-])cc3)N(c3ccccc3)N=C1CCCC2. The number of ether oxygens (including phenoxy) is 1. The normalized spacial score (nSPS) is 20.6. The minimum Gasteiger partial charge on any atom is -0.465 e. The smallest absolute Gasteiger partial charge is 0.321 e. The van der Waals surface area contributed by atoms with Crippen LogP contribution in [0.5, 0.6) is 0 Å². The molecule has 2 aromatic carbocycles. The molecule has 7 heteroatoms. The second-order valence-electron chi connectivity index (χ2n) is 7.43. The van der Waals surface area contributed by atoms with Crippen LogP contribution in [0.4, 0.5) is 11.4 Å². The summed E-state index contributed by atoms with van der Waals surface area (Å²) in [7, 11) is 0. The number of nitrogens with zero attached hydrogens (tertiary/aromatic N) is 3. The Morgan fingerprint density at radius 1 is 1.17 bits per heavy atom. The van der Waals surface area contributed by atoms with E-state index in [9.17, 15) is 14.9 Å². The van der Waals surface area contributed by atoms with Gasteiger partial charge in [-0.15, -0.1) is 0 Å². The number of benzene rings is 2. The van der Waals surface area contributed by atoms with Gasteiger partial charge >= 0.3 is 5.97 Å². The van der Waals surface area contributed by atoms with E-state index in [2.05, 4.69) is 0 Å². The number of carbonyl (C=O) groups excluding carboxylic acids is 1. The first-order chi connectivity index (χ1) is 14.5. The summed E-state index contributed by atoms with van der Waals surface area (Å²) in [4.78, 5) is 23.7. The average molecular weight is 405 g/mol. The molecule has 1 unspecified atom stereocenters. The molecule has 0 saturated heterocycles. The quantitative estimate of drug-likeness (QED) is 0.400. The Balaban J connectivity index is 1.86. The van der Waals surface area contributed by atoms with Gasteiger partial charge in [0.1, 0.15) is 5.41 Å². The highest BCUT2D eigenvalue weighted by Crippen LogP contribution is 2.44. The number of fused-ring (bicyclic) bond motifs is 1. The first-order valence-corrected chi connectivity index (χ1v) is 10.1. The van der Waals surface area contributed by atoms with Crippen molar-refractivity contribution in [1.29, 1.82) is 0 Å². The number of anilines is 1. The van der Waals surface area contributed by atoms with Gasteiger partial charge in [-0.25, -0.2) is 5.01 Å². The number of esters is 1. The maximum Gasteiger partial charge on any atom is 0.321 e. The number of hydrogen-bond acceptors (Lipinski definition) is 6. The molecule has 0 bridgehead atoms. The van der Waals surface area contributed by atoms with Crippen LogP contribution in [0.1, 0.15) is 38.2 Å². The van der Waals surface area contributed by atoms with Crippen molar-refractivity contribution < 1.29 is 14.5 Å². The third-order valence-corrected chi connectivity index (χ3v) is 5.60. The summed E-state index contributed by atoms with van der Waals surface area (Å²) in [5, 5.41) is 17.8. The van der Waals surface area contributed by atoms with E-state index in [1.54, 1.807) is 19.1 Å². The predicted octanol–water partition coefficient (Wildman–Crippen LogP) is 4.94. The van der Waals surface area contributed by atoms with Crippen molar-refractivity contribution in [2.24, 2.45) is 10.5 Å². The molecule has 0 N–H and O–H groups in total. The summed E-state index contributed by atoms with van der Waals surface area (Å²) in [6, 6.07) is 16.0. The summed E-state index contributed by atoms with van der Waals surface area (Å²) < 4.78 is 5.45. The van der Waals surface area contributed by atoms with E-state index in [1.807, 2.05) is 41.4 Å². The van der Waals surface area contributed by atoms with Crippen LogP contribution < -0.4 is 5.01 Å². The number of carbonyl (C=O) groups is 1. The molecule has 1 aliphatic carbocycles. The topological polar surface area (TPSA) is 85.0 Å². The highest BCUT2D eigenvalue weighted by molar-refractivity contribution is 6.12. The van der Waals surface area contributed by atoms with Gasteiger partial charge in [0, 0.05) is 17.7 Å². The molecule has 0 spiro atoms. The van der Waals surface area contributed by atoms with Crippen LogP contribution in [0.15, 0.2) is 65.8 Å². The zero-order valence-electron chi connectivity index (χ0n) is 16.8. The first kappa shape index (κ1) is 19.8. The van der Waals surface area contributed by atoms with Gasteiger partial charge in [0.05, 0.1) is 28.6 Å². The number of hydrogen-bond donors (Lipinski definition) is 0. The highest BCUT2D eigenvalue weighted by Gasteiger charge is 2.48. The Morgan fingerprint density at radius 2 is 1.90 bits per heavy atom. The Hall–Kier alpha value is -3.48. The molecule has 1 fully saturated rings. The monoisotopic (exact) mass is 405 g/mol. The Kier molecular flexibility index (Phi) is 5.35. The molecule has 30 heavy (non-hydrogen) atoms. The van der Waals surface area contributed by atoms with E-state index in [4.69, 9.17) is 9.84 Å². The standard InChI is InChI=1S/C23H23N3O4/c1-2-30-22(27)23-15-7-6-10-21(23)24-25(18-8-4-3-5-9-18)20(16-23)17-11-13-19(14-12-17)26(28)29/h3-5,8-9,11-14,16H,2,6-7,10,15H2,1H3. The molecule has 1 aliphatic heterocycles. The molecule has 0 amide bonds. The van der Waals surface area contributed by atoms with Crippen molar-refractivity contribution in [2.45, 2.75) is 32.6 Å². The summed E-state index contributed by atoms with van der Waals surface area (Å²) in [6.45, 7) is 2.10. The lowest BCUT2D eigenvalue weighted by molar-refractivity contribution is -0.384. The largest absolute Gasteiger partial charge is 0.465 e. The lowest BCUT2D eigenvalue weighted by atomic mass is 9.70. The number of nitro groups is 1. The molecule has 4 rings (SSSR count). The third-order valence-electron chi connectivity index (χ3n) is 5.60. The number of para-hydroxylation sites is 1. The minimum absolute atomic E-state index is 0.0170. The van der Waals surface area contributed by atoms with Gasteiger partial charge in [-0.05, 0) is 56.5 Å². The van der Waals surface area contributed by atoms with Crippen LogP contribution in [0.25, 0.3) is 5.70 Å². The molecule has 1 heterocycles. The number of hydrazone groups is 1. The van der Waals surface area contributed by atoms with Crippen molar-refractivity contribution in [1.82, 2.24) is 0 Å².